The van der Waals surface area contributed by atoms with Gasteiger partial charge in [-0.1, -0.05) is 42.5 Å². The van der Waals surface area contributed by atoms with Crippen molar-refractivity contribution in [3.8, 4) is 11.5 Å². The Hall–Kier alpha value is -2.86. The number of nitrogens with one attached hydrogen (secondary N) is 1. The number of pyridine rings is 1. The largest absolute Gasteiger partial charge is 0.253 e. The van der Waals surface area contributed by atoms with Gasteiger partial charge in [0.2, 0.25) is 10.6 Å². The Morgan fingerprint density at radius 1 is 1.09 bits per heavy atom. The van der Waals surface area contributed by atoms with Crippen molar-refractivity contribution < 1.29 is 0 Å². The minimum absolute atomic E-state index is 0.421. The highest BCUT2D eigenvalue weighted by Crippen LogP contribution is 2.13. The Balaban J connectivity index is 1.84. The Morgan fingerprint density at radius 3 is 2.68 bits per heavy atom. The zero-order chi connectivity index (χ0) is 15.2. The Kier molecular flexibility index (Phi) is 4.31. The van der Waals surface area contributed by atoms with Gasteiger partial charge in [-0.15, -0.1) is 0 Å². The van der Waals surface area contributed by atoms with Gasteiger partial charge in [0.15, 0.2) is 0 Å². The Bertz CT molecular complexity index is 847. The normalized spacial score (nSPS) is 11.5. The Morgan fingerprint density at radius 2 is 1.91 bits per heavy atom. The summed E-state index contributed by atoms with van der Waals surface area (Å²) < 4.78 is 1.97. The van der Waals surface area contributed by atoms with E-state index in [1.807, 2.05) is 60.7 Å². The standard InChI is InChI=1S/C16H13N5S/c22-16-20-19-15(14-10-4-5-11-17-14)21(16)18-12-6-9-13-7-2-1-3-8-13/h1-12H,(H,20,22)/b9-6+,18-12+. The SMILES string of the molecule is S=c1[nH]nc(-c2ccccn2)n1/N=C/C=C/c1ccccc1. The summed E-state index contributed by atoms with van der Waals surface area (Å²) in [5.41, 5.74) is 1.81. The molecule has 1 N–H and O–H groups in total. The molecule has 0 fully saturated rings. The van der Waals surface area contributed by atoms with Gasteiger partial charge in [-0.2, -0.15) is 14.9 Å². The molecule has 1 aromatic carbocycles. The number of allylic oxidation sites excluding steroid dienone is 1. The number of hydrogen-bond donors (Lipinski definition) is 1. The second kappa shape index (κ2) is 6.73. The van der Waals surface area contributed by atoms with Crippen LogP contribution in [0.4, 0.5) is 0 Å². The van der Waals surface area contributed by atoms with Gasteiger partial charge in [0.25, 0.3) is 0 Å². The van der Waals surface area contributed by atoms with Crippen LogP contribution in [0.15, 0.2) is 65.9 Å². The van der Waals surface area contributed by atoms with Crippen LogP contribution in [-0.4, -0.2) is 26.1 Å². The molecule has 0 unspecified atom stereocenters. The van der Waals surface area contributed by atoms with Crippen LogP contribution < -0.4 is 0 Å². The van der Waals surface area contributed by atoms with E-state index in [0.717, 1.165) is 5.56 Å². The topological polar surface area (TPSA) is 58.9 Å². The number of aromatic nitrogens is 4. The molecule has 6 heteroatoms. The minimum Gasteiger partial charge on any atom is -0.253 e. The quantitative estimate of drug-likeness (QED) is 0.592. The van der Waals surface area contributed by atoms with E-state index in [1.54, 1.807) is 17.1 Å². The summed E-state index contributed by atoms with van der Waals surface area (Å²) >= 11 is 5.20. The molecule has 0 saturated carbocycles. The predicted molar refractivity (Wildman–Crippen MR) is 90.0 cm³/mol. The van der Waals surface area contributed by atoms with Crippen LogP contribution in [0.3, 0.4) is 0 Å². The molecule has 0 saturated heterocycles. The van der Waals surface area contributed by atoms with Gasteiger partial charge in [-0.3, -0.25) is 4.98 Å². The summed E-state index contributed by atoms with van der Waals surface area (Å²) in [5, 5.41) is 11.2. The molecule has 2 heterocycles. The van der Waals surface area contributed by atoms with Gasteiger partial charge in [0.05, 0.1) is 0 Å². The lowest BCUT2D eigenvalue weighted by molar-refractivity contribution is 0.868. The lowest BCUT2D eigenvalue weighted by Gasteiger charge is -1.98. The van der Waals surface area contributed by atoms with Crippen LogP contribution >= 0.6 is 12.2 Å². The van der Waals surface area contributed by atoms with Crippen molar-refractivity contribution in [3.63, 3.8) is 0 Å². The Labute approximate surface area is 132 Å². The molecule has 0 aliphatic rings. The highest BCUT2D eigenvalue weighted by atomic mass is 32.1. The molecule has 22 heavy (non-hydrogen) atoms. The van der Waals surface area contributed by atoms with E-state index in [-0.39, 0.29) is 0 Å². The zero-order valence-corrected chi connectivity index (χ0v) is 12.4. The molecule has 0 aliphatic carbocycles. The maximum absolute atomic E-state index is 5.20. The maximum atomic E-state index is 5.20. The van der Waals surface area contributed by atoms with Gasteiger partial charge in [-0.25, -0.2) is 5.10 Å². The summed E-state index contributed by atoms with van der Waals surface area (Å²) in [6.07, 6.45) is 7.20. The first-order chi connectivity index (χ1) is 10.8. The molecule has 5 nitrogen and oxygen atoms in total. The summed E-state index contributed by atoms with van der Waals surface area (Å²) in [6, 6.07) is 15.6. The number of hydrogen-bond acceptors (Lipinski definition) is 4. The van der Waals surface area contributed by atoms with Crippen LogP contribution in [0, 0.1) is 4.77 Å². The second-order valence-electron chi connectivity index (χ2n) is 4.41. The average Bonchev–Trinajstić information content (AvgIpc) is 2.94. The fraction of sp³-hybridized carbons (Fsp3) is 0. The van der Waals surface area contributed by atoms with Gasteiger partial charge in [0, 0.05) is 12.4 Å². The van der Waals surface area contributed by atoms with Gasteiger partial charge < -0.3 is 0 Å². The molecular formula is C16H13N5S. The van der Waals surface area contributed by atoms with Crippen molar-refractivity contribution in [1.29, 1.82) is 0 Å². The lowest BCUT2D eigenvalue weighted by Crippen LogP contribution is -1.95. The molecule has 3 aromatic rings. The van der Waals surface area contributed by atoms with Gasteiger partial charge >= 0.3 is 0 Å². The molecular weight excluding hydrogens is 294 g/mol. The van der Waals surface area contributed by atoms with E-state index in [1.165, 1.54) is 0 Å². The maximum Gasteiger partial charge on any atom is 0.216 e. The van der Waals surface area contributed by atoms with Crippen LogP contribution in [0.1, 0.15) is 5.56 Å². The van der Waals surface area contributed by atoms with E-state index in [4.69, 9.17) is 12.2 Å². The molecule has 2 aromatic heterocycles. The van der Waals surface area contributed by atoms with E-state index in [2.05, 4.69) is 20.3 Å². The zero-order valence-electron chi connectivity index (χ0n) is 11.6. The van der Waals surface area contributed by atoms with Crippen LogP contribution in [0.5, 0.6) is 0 Å². The second-order valence-corrected chi connectivity index (χ2v) is 4.80. The monoisotopic (exact) mass is 307 g/mol. The molecule has 0 atom stereocenters. The lowest BCUT2D eigenvalue weighted by atomic mass is 10.2. The van der Waals surface area contributed by atoms with E-state index < -0.39 is 0 Å². The van der Waals surface area contributed by atoms with Crippen molar-refractivity contribution in [2.45, 2.75) is 0 Å². The third-order valence-corrected chi connectivity index (χ3v) is 3.17. The number of H-pyrrole nitrogens is 1. The first-order valence-corrected chi connectivity index (χ1v) is 7.10. The summed E-state index contributed by atoms with van der Waals surface area (Å²) in [5.74, 6) is 0.579. The summed E-state index contributed by atoms with van der Waals surface area (Å²) in [6.45, 7) is 0. The van der Waals surface area contributed by atoms with Crippen molar-refractivity contribution in [3.05, 3.63) is 71.1 Å². The number of rotatable bonds is 4. The van der Waals surface area contributed by atoms with E-state index in [9.17, 15) is 0 Å². The smallest absolute Gasteiger partial charge is 0.216 e. The fourth-order valence-corrected chi connectivity index (χ4v) is 2.06. The van der Waals surface area contributed by atoms with E-state index >= 15 is 0 Å². The molecule has 108 valence electrons. The van der Waals surface area contributed by atoms with E-state index in [0.29, 0.717) is 16.3 Å². The fourth-order valence-electron chi connectivity index (χ4n) is 1.88. The molecule has 3 rings (SSSR count). The van der Waals surface area contributed by atoms with Crippen molar-refractivity contribution in [1.82, 2.24) is 19.9 Å². The summed E-state index contributed by atoms with van der Waals surface area (Å²) in [7, 11) is 0. The van der Waals surface area contributed by atoms with Gasteiger partial charge in [0.1, 0.15) is 5.69 Å². The molecule has 0 aliphatic heterocycles. The molecule has 0 bridgehead atoms. The summed E-state index contributed by atoms with van der Waals surface area (Å²) in [4.78, 5) is 4.26. The van der Waals surface area contributed by atoms with Crippen molar-refractivity contribution in [2.24, 2.45) is 5.10 Å². The first kappa shape index (κ1) is 14.1. The van der Waals surface area contributed by atoms with Crippen molar-refractivity contribution >= 4 is 24.5 Å². The first-order valence-electron chi connectivity index (χ1n) is 6.69. The highest BCUT2D eigenvalue weighted by molar-refractivity contribution is 7.71. The van der Waals surface area contributed by atoms with Crippen molar-refractivity contribution in [2.75, 3.05) is 0 Å². The molecule has 0 spiro atoms. The number of aromatic amines is 1. The third kappa shape index (κ3) is 3.24. The third-order valence-electron chi connectivity index (χ3n) is 2.90. The van der Waals surface area contributed by atoms with Crippen LogP contribution in [0.25, 0.3) is 17.6 Å². The van der Waals surface area contributed by atoms with Crippen LogP contribution in [-0.2, 0) is 0 Å². The highest BCUT2D eigenvalue weighted by Gasteiger charge is 2.07. The molecule has 0 radical (unpaired) electrons. The molecule has 0 amide bonds. The average molecular weight is 307 g/mol. The van der Waals surface area contributed by atoms with Gasteiger partial charge in [-0.05, 0) is 36.0 Å². The number of nitrogens with zero attached hydrogens (tertiary/aromatic N) is 4. The predicted octanol–water partition coefficient (Wildman–Crippen LogP) is 3.55. The van der Waals surface area contributed by atoms with Crippen LogP contribution in [0.2, 0.25) is 0 Å². The minimum atomic E-state index is 0.421. The number of benzene rings is 1.